The zero-order valence-corrected chi connectivity index (χ0v) is 16.6. The topological polar surface area (TPSA) is 69.5 Å². The molecule has 6 heteroatoms. The van der Waals surface area contributed by atoms with Crippen LogP contribution < -0.4 is 10.6 Å². The Kier molecular flexibility index (Phi) is 6.42. The van der Waals surface area contributed by atoms with E-state index < -0.39 is 5.60 Å². The van der Waals surface area contributed by atoms with Gasteiger partial charge in [-0.25, -0.2) is 4.99 Å². The number of aromatic nitrogens is 1. The molecule has 1 aromatic carbocycles. The third kappa shape index (κ3) is 5.05. The number of thiophene rings is 1. The predicted molar refractivity (Wildman–Crippen MR) is 113 cm³/mol. The van der Waals surface area contributed by atoms with E-state index in [-0.39, 0.29) is 0 Å². The predicted octanol–water partition coefficient (Wildman–Crippen LogP) is 3.30. The molecule has 0 aliphatic heterocycles. The molecule has 0 fully saturated rings. The van der Waals surface area contributed by atoms with Gasteiger partial charge in [-0.15, -0.1) is 0 Å². The average molecular weight is 383 g/mol. The lowest BCUT2D eigenvalue weighted by Gasteiger charge is -2.21. The molecule has 2 heterocycles. The maximum absolute atomic E-state index is 10.6. The number of aliphatic hydroxyl groups is 1. The lowest BCUT2D eigenvalue weighted by molar-refractivity contribution is 0.0677. The van der Waals surface area contributed by atoms with E-state index in [1.54, 1.807) is 18.3 Å². The molecule has 2 aromatic heterocycles. The average Bonchev–Trinajstić information content (AvgIpc) is 3.22. The maximum atomic E-state index is 10.6. The highest BCUT2D eigenvalue weighted by Gasteiger charge is 2.23. The zero-order valence-electron chi connectivity index (χ0n) is 15.8. The molecule has 0 saturated heterocycles. The summed E-state index contributed by atoms with van der Waals surface area (Å²) < 4.78 is 0. The van der Waals surface area contributed by atoms with Gasteiger partial charge in [0.05, 0.1) is 12.1 Å². The second-order valence-corrected chi connectivity index (χ2v) is 7.43. The molecule has 0 bridgehead atoms. The summed E-state index contributed by atoms with van der Waals surface area (Å²) >= 11 is 1.58. The van der Waals surface area contributed by atoms with Crippen LogP contribution in [0.4, 0.5) is 0 Å². The Labute approximate surface area is 164 Å². The number of rotatable bonds is 7. The number of benzene rings is 1. The molecule has 1 atom stereocenters. The number of para-hydroxylation sites is 1. The van der Waals surface area contributed by atoms with Crippen molar-refractivity contribution in [1.29, 1.82) is 0 Å². The van der Waals surface area contributed by atoms with Crippen molar-refractivity contribution < 1.29 is 5.11 Å². The molecule has 5 nitrogen and oxygen atoms in total. The van der Waals surface area contributed by atoms with Gasteiger partial charge in [0.15, 0.2) is 5.96 Å². The Hall–Kier alpha value is -2.44. The summed E-state index contributed by atoms with van der Waals surface area (Å²) in [5, 5.41) is 22.3. The van der Waals surface area contributed by atoms with Crippen molar-refractivity contribution in [3.05, 3.63) is 64.5 Å². The van der Waals surface area contributed by atoms with Crippen molar-refractivity contribution in [2.45, 2.75) is 25.9 Å². The third-order valence-electron chi connectivity index (χ3n) is 4.44. The number of aliphatic imine (C=N–C) groups is 1. The van der Waals surface area contributed by atoms with Crippen molar-refractivity contribution in [3.63, 3.8) is 0 Å². The molecule has 3 aromatic rings. The highest BCUT2D eigenvalue weighted by atomic mass is 32.1. The molecule has 0 amide bonds. The van der Waals surface area contributed by atoms with Gasteiger partial charge in [0.2, 0.25) is 0 Å². The normalized spacial score (nSPS) is 14.1. The van der Waals surface area contributed by atoms with Gasteiger partial charge in [-0.3, -0.25) is 4.98 Å². The fourth-order valence-corrected chi connectivity index (χ4v) is 3.70. The Morgan fingerprint density at radius 3 is 2.85 bits per heavy atom. The molecule has 0 aliphatic rings. The quantitative estimate of drug-likeness (QED) is 0.433. The third-order valence-corrected chi connectivity index (χ3v) is 5.12. The number of nitrogens with zero attached hydrogens (tertiary/aromatic N) is 2. The first-order valence-electron chi connectivity index (χ1n) is 9.20. The maximum Gasteiger partial charge on any atom is 0.191 e. The summed E-state index contributed by atoms with van der Waals surface area (Å²) in [5.41, 5.74) is 2.18. The van der Waals surface area contributed by atoms with Crippen LogP contribution >= 0.6 is 11.3 Å². The van der Waals surface area contributed by atoms with Gasteiger partial charge in [0.1, 0.15) is 5.60 Å². The zero-order chi connectivity index (χ0) is 19.1. The SMILES string of the molecule is CCNC(=NCC(C)(O)c1ccsc1)NCCc1cccc2cccnc12. The van der Waals surface area contributed by atoms with Crippen molar-refractivity contribution >= 4 is 28.2 Å². The fourth-order valence-electron chi connectivity index (χ4n) is 2.92. The van der Waals surface area contributed by atoms with E-state index >= 15 is 0 Å². The number of pyridine rings is 1. The lowest BCUT2D eigenvalue weighted by atomic mass is 10.00. The van der Waals surface area contributed by atoms with E-state index in [9.17, 15) is 5.11 Å². The molecule has 0 spiro atoms. The molecule has 0 saturated carbocycles. The summed E-state index contributed by atoms with van der Waals surface area (Å²) in [4.78, 5) is 9.07. The van der Waals surface area contributed by atoms with Crippen LogP contribution in [0.2, 0.25) is 0 Å². The Bertz CT molecular complexity index is 885. The van der Waals surface area contributed by atoms with Crippen LogP contribution in [0.25, 0.3) is 10.9 Å². The van der Waals surface area contributed by atoms with Crippen molar-refractivity contribution in [3.8, 4) is 0 Å². The molecular formula is C21H26N4OS. The highest BCUT2D eigenvalue weighted by Crippen LogP contribution is 2.23. The van der Waals surface area contributed by atoms with Gasteiger partial charge in [0, 0.05) is 24.7 Å². The summed E-state index contributed by atoms with van der Waals surface area (Å²) in [5.74, 6) is 0.709. The van der Waals surface area contributed by atoms with E-state index in [0.717, 1.165) is 36.0 Å². The van der Waals surface area contributed by atoms with Crippen LogP contribution in [-0.4, -0.2) is 35.7 Å². The smallest absolute Gasteiger partial charge is 0.191 e. The van der Waals surface area contributed by atoms with Gasteiger partial charge in [-0.1, -0.05) is 24.3 Å². The minimum absolute atomic E-state index is 0.300. The minimum atomic E-state index is -0.970. The van der Waals surface area contributed by atoms with Crippen LogP contribution in [0.15, 0.2) is 58.3 Å². The van der Waals surface area contributed by atoms with Gasteiger partial charge < -0.3 is 15.7 Å². The molecule has 142 valence electrons. The number of hydrogen-bond donors (Lipinski definition) is 3. The molecular weight excluding hydrogens is 356 g/mol. The number of nitrogens with one attached hydrogen (secondary N) is 2. The van der Waals surface area contributed by atoms with Crippen LogP contribution in [0.1, 0.15) is 25.0 Å². The molecule has 3 N–H and O–H groups in total. The van der Waals surface area contributed by atoms with Crippen molar-refractivity contribution in [2.75, 3.05) is 19.6 Å². The Balaban J connectivity index is 1.62. The monoisotopic (exact) mass is 382 g/mol. The summed E-state index contributed by atoms with van der Waals surface area (Å²) in [6, 6.07) is 12.2. The lowest BCUT2D eigenvalue weighted by Crippen LogP contribution is -2.39. The summed E-state index contributed by atoms with van der Waals surface area (Å²) in [6.45, 7) is 5.63. The van der Waals surface area contributed by atoms with Crippen molar-refractivity contribution in [2.24, 2.45) is 4.99 Å². The molecule has 1 unspecified atom stereocenters. The second-order valence-electron chi connectivity index (χ2n) is 6.65. The molecule has 0 radical (unpaired) electrons. The van der Waals surface area contributed by atoms with Gasteiger partial charge >= 0.3 is 0 Å². The van der Waals surface area contributed by atoms with E-state index in [1.807, 2.05) is 36.0 Å². The fraction of sp³-hybridized carbons (Fsp3) is 0.333. The largest absolute Gasteiger partial charge is 0.383 e. The highest BCUT2D eigenvalue weighted by molar-refractivity contribution is 7.08. The van der Waals surface area contributed by atoms with Crippen LogP contribution in [0, 0.1) is 0 Å². The van der Waals surface area contributed by atoms with Crippen LogP contribution in [-0.2, 0) is 12.0 Å². The van der Waals surface area contributed by atoms with Gasteiger partial charge in [-0.2, -0.15) is 11.3 Å². The summed E-state index contributed by atoms with van der Waals surface area (Å²) in [6.07, 6.45) is 2.68. The first kappa shape index (κ1) is 19.3. The first-order chi connectivity index (χ1) is 13.1. The van der Waals surface area contributed by atoms with Crippen molar-refractivity contribution in [1.82, 2.24) is 15.6 Å². The summed E-state index contributed by atoms with van der Waals surface area (Å²) in [7, 11) is 0. The van der Waals surface area contributed by atoms with Crippen LogP contribution in [0.5, 0.6) is 0 Å². The molecule has 27 heavy (non-hydrogen) atoms. The molecule has 3 rings (SSSR count). The molecule has 0 aliphatic carbocycles. The van der Waals surface area contributed by atoms with Crippen LogP contribution in [0.3, 0.4) is 0 Å². The Morgan fingerprint density at radius 2 is 2.07 bits per heavy atom. The first-order valence-corrected chi connectivity index (χ1v) is 10.1. The van der Waals surface area contributed by atoms with Gasteiger partial charge in [0.25, 0.3) is 0 Å². The van der Waals surface area contributed by atoms with E-state index in [4.69, 9.17) is 0 Å². The number of guanidine groups is 1. The standard InChI is InChI=1S/C21H26N4OS/c1-3-22-20(25-15-21(2,26)18-10-13-27-14-18)24-12-9-17-7-4-6-16-8-5-11-23-19(16)17/h4-8,10-11,13-14,26H,3,9,12,15H2,1-2H3,(H2,22,24,25). The van der Waals surface area contributed by atoms with E-state index in [1.165, 1.54) is 5.56 Å². The van der Waals surface area contributed by atoms with E-state index in [0.29, 0.717) is 12.5 Å². The number of hydrogen-bond acceptors (Lipinski definition) is 4. The van der Waals surface area contributed by atoms with Gasteiger partial charge in [-0.05, 0) is 54.3 Å². The minimum Gasteiger partial charge on any atom is -0.383 e. The second kappa shape index (κ2) is 8.97. The number of fused-ring (bicyclic) bond motifs is 1. The van der Waals surface area contributed by atoms with E-state index in [2.05, 4.69) is 44.9 Å². The Morgan fingerprint density at radius 1 is 1.22 bits per heavy atom.